The third kappa shape index (κ3) is 5.70. The fourth-order valence-electron chi connectivity index (χ4n) is 0.584. The lowest BCUT2D eigenvalue weighted by molar-refractivity contribution is 0.630. The number of unbranched alkanes of at least 4 members (excludes halogenated alkanes) is 1. The molecule has 0 rings (SSSR count). The molecular weight excluding hydrogens is 98.1 g/mol. The molecule has 0 heterocycles. The van der Waals surface area contributed by atoms with E-state index in [0.717, 1.165) is 12.8 Å². The van der Waals surface area contributed by atoms with Crippen LogP contribution in [0, 0.1) is 0 Å². The Morgan fingerprint density at radius 1 is 1.75 bits per heavy atom. The maximum atomic E-state index is 5.50. The molecule has 1 atom stereocenters. The van der Waals surface area contributed by atoms with E-state index in [0.29, 0.717) is 6.04 Å². The minimum atomic E-state index is 0.356. The molecule has 0 aromatic carbocycles. The molecular formula is C7H15N. The molecule has 48 valence electrons. The van der Waals surface area contributed by atoms with Gasteiger partial charge in [0, 0.05) is 6.04 Å². The van der Waals surface area contributed by atoms with Gasteiger partial charge in [0.25, 0.3) is 0 Å². The molecule has 0 unspecified atom stereocenters. The summed E-state index contributed by atoms with van der Waals surface area (Å²) >= 11 is 0. The Morgan fingerprint density at radius 3 is 2.75 bits per heavy atom. The summed E-state index contributed by atoms with van der Waals surface area (Å²) < 4.78 is 0. The van der Waals surface area contributed by atoms with E-state index in [2.05, 4.69) is 6.58 Å². The monoisotopic (exact) mass is 113 g/mol. The molecule has 0 spiro atoms. The highest BCUT2D eigenvalue weighted by atomic mass is 14.6. The zero-order chi connectivity index (χ0) is 6.41. The second-order valence-corrected chi connectivity index (χ2v) is 2.20. The minimum Gasteiger partial charge on any atom is -0.328 e. The van der Waals surface area contributed by atoms with Gasteiger partial charge in [-0.15, -0.1) is 6.58 Å². The van der Waals surface area contributed by atoms with E-state index in [4.69, 9.17) is 5.73 Å². The van der Waals surface area contributed by atoms with Crippen molar-refractivity contribution in [3.8, 4) is 0 Å². The van der Waals surface area contributed by atoms with Crippen molar-refractivity contribution in [2.75, 3.05) is 0 Å². The summed E-state index contributed by atoms with van der Waals surface area (Å²) in [6.07, 6.45) is 5.33. The second-order valence-electron chi connectivity index (χ2n) is 2.20. The number of nitrogens with two attached hydrogens (primary N) is 1. The van der Waals surface area contributed by atoms with Crippen LogP contribution in [0.3, 0.4) is 0 Å². The van der Waals surface area contributed by atoms with Gasteiger partial charge in [-0.1, -0.05) is 6.08 Å². The van der Waals surface area contributed by atoms with Gasteiger partial charge in [-0.3, -0.25) is 0 Å². The first-order valence-electron chi connectivity index (χ1n) is 3.14. The largest absolute Gasteiger partial charge is 0.328 e. The van der Waals surface area contributed by atoms with Crippen LogP contribution in [0.25, 0.3) is 0 Å². The van der Waals surface area contributed by atoms with Gasteiger partial charge in [-0.25, -0.2) is 0 Å². The van der Waals surface area contributed by atoms with Crippen molar-refractivity contribution in [1.82, 2.24) is 0 Å². The van der Waals surface area contributed by atoms with E-state index in [9.17, 15) is 0 Å². The predicted octanol–water partition coefficient (Wildman–Crippen LogP) is 1.69. The summed E-state index contributed by atoms with van der Waals surface area (Å²) in [5.41, 5.74) is 5.50. The molecule has 0 radical (unpaired) electrons. The Bertz CT molecular complexity index is 57.4. The first kappa shape index (κ1) is 7.70. The Labute approximate surface area is 51.6 Å². The van der Waals surface area contributed by atoms with Crippen LogP contribution in [0.5, 0.6) is 0 Å². The standard InChI is InChI=1S/C7H15N/c1-3-4-5-6-7(2)8/h3,7H,1,4-6,8H2,2H3/t7-/m0/s1. The van der Waals surface area contributed by atoms with Crippen molar-refractivity contribution in [1.29, 1.82) is 0 Å². The molecule has 0 amide bonds. The summed E-state index contributed by atoms with van der Waals surface area (Å²) in [7, 11) is 0. The molecule has 1 heteroatoms. The van der Waals surface area contributed by atoms with Gasteiger partial charge in [0.15, 0.2) is 0 Å². The van der Waals surface area contributed by atoms with E-state index in [-0.39, 0.29) is 0 Å². The van der Waals surface area contributed by atoms with Gasteiger partial charge in [0.1, 0.15) is 0 Å². The maximum Gasteiger partial charge on any atom is 0.00105 e. The van der Waals surface area contributed by atoms with E-state index >= 15 is 0 Å². The maximum absolute atomic E-state index is 5.50. The highest BCUT2D eigenvalue weighted by Gasteiger charge is 1.89. The summed E-state index contributed by atoms with van der Waals surface area (Å²) in [5, 5.41) is 0. The molecule has 8 heavy (non-hydrogen) atoms. The molecule has 0 saturated heterocycles. The van der Waals surface area contributed by atoms with Crippen molar-refractivity contribution in [2.24, 2.45) is 5.73 Å². The number of hydrogen-bond acceptors (Lipinski definition) is 1. The molecule has 0 aliphatic rings. The fourth-order valence-corrected chi connectivity index (χ4v) is 0.584. The van der Waals surface area contributed by atoms with Crippen LogP contribution in [0.1, 0.15) is 26.2 Å². The van der Waals surface area contributed by atoms with Crippen LogP contribution >= 0.6 is 0 Å². The summed E-state index contributed by atoms with van der Waals surface area (Å²) in [4.78, 5) is 0. The third-order valence-corrected chi connectivity index (χ3v) is 1.07. The van der Waals surface area contributed by atoms with Crippen molar-refractivity contribution in [3.05, 3.63) is 12.7 Å². The van der Waals surface area contributed by atoms with Crippen LogP contribution in [0.15, 0.2) is 12.7 Å². The predicted molar refractivity (Wildman–Crippen MR) is 37.7 cm³/mol. The summed E-state index contributed by atoms with van der Waals surface area (Å²) in [5.74, 6) is 0. The number of hydrogen-bond donors (Lipinski definition) is 1. The van der Waals surface area contributed by atoms with E-state index < -0.39 is 0 Å². The van der Waals surface area contributed by atoms with Crippen molar-refractivity contribution < 1.29 is 0 Å². The van der Waals surface area contributed by atoms with Gasteiger partial charge in [-0.05, 0) is 26.2 Å². The lowest BCUT2D eigenvalue weighted by Gasteiger charge is -2.00. The van der Waals surface area contributed by atoms with E-state index in [1.165, 1.54) is 6.42 Å². The Kier molecular flexibility index (Phi) is 4.67. The quantitative estimate of drug-likeness (QED) is 0.435. The van der Waals surface area contributed by atoms with Crippen molar-refractivity contribution >= 4 is 0 Å². The highest BCUT2D eigenvalue weighted by Crippen LogP contribution is 1.97. The zero-order valence-corrected chi connectivity index (χ0v) is 5.56. The van der Waals surface area contributed by atoms with Gasteiger partial charge in [0.2, 0.25) is 0 Å². The summed E-state index contributed by atoms with van der Waals surface area (Å²) in [6, 6.07) is 0.356. The Balaban J connectivity index is 2.81. The molecule has 2 N–H and O–H groups in total. The van der Waals surface area contributed by atoms with Crippen molar-refractivity contribution in [3.63, 3.8) is 0 Å². The molecule has 0 aromatic heterocycles. The molecule has 0 aliphatic heterocycles. The first-order chi connectivity index (χ1) is 3.77. The number of rotatable bonds is 4. The van der Waals surface area contributed by atoms with E-state index in [1.54, 1.807) is 0 Å². The van der Waals surface area contributed by atoms with Gasteiger partial charge in [-0.2, -0.15) is 0 Å². The molecule has 0 bridgehead atoms. The molecule has 0 saturated carbocycles. The average molecular weight is 113 g/mol. The first-order valence-corrected chi connectivity index (χ1v) is 3.14. The second kappa shape index (κ2) is 4.85. The fraction of sp³-hybridized carbons (Fsp3) is 0.714. The van der Waals surface area contributed by atoms with Gasteiger partial charge < -0.3 is 5.73 Å². The van der Waals surface area contributed by atoms with Gasteiger partial charge in [0.05, 0.1) is 0 Å². The van der Waals surface area contributed by atoms with Crippen LogP contribution < -0.4 is 5.73 Å². The SMILES string of the molecule is C=CCCC[C@H](C)N. The molecule has 0 aliphatic carbocycles. The Morgan fingerprint density at radius 2 is 2.38 bits per heavy atom. The highest BCUT2D eigenvalue weighted by molar-refractivity contribution is 4.66. The molecule has 0 fully saturated rings. The smallest absolute Gasteiger partial charge is 0.00105 e. The zero-order valence-electron chi connectivity index (χ0n) is 5.56. The third-order valence-electron chi connectivity index (χ3n) is 1.07. The summed E-state index contributed by atoms with van der Waals surface area (Å²) in [6.45, 7) is 5.65. The van der Waals surface area contributed by atoms with Crippen LogP contribution in [0.2, 0.25) is 0 Å². The molecule has 1 nitrogen and oxygen atoms in total. The minimum absolute atomic E-state index is 0.356. The Hall–Kier alpha value is -0.300. The molecule has 0 aromatic rings. The normalized spacial score (nSPS) is 13.2. The van der Waals surface area contributed by atoms with Crippen LogP contribution in [0.4, 0.5) is 0 Å². The topological polar surface area (TPSA) is 26.0 Å². The van der Waals surface area contributed by atoms with Crippen LogP contribution in [-0.2, 0) is 0 Å². The van der Waals surface area contributed by atoms with E-state index in [1.807, 2.05) is 13.0 Å². The lowest BCUT2D eigenvalue weighted by atomic mass is 10.1. The van der Waals surface area contributed by atoms with Crippen molar-refractivity contribution in [2.45, 2.75) is 32.2 Å². The average Bonchev–Trinajstić information content (AvgIpc) is 1.66. The van der Waals surface area contributed by atoms with Crippen LogP contribution in [-0.4, -0.2) is 6.04 Å². The lowest BCUT2D eigenvalue weighted by Crippen LogP contribution is -2.13. The number of allylic oxidation sites excluding steroid dienone is 1. The van der Waals surface area contributed by atoms with Gasteiger partial charge >= 0.3 is 0 Å².